The molecule has 5 rings (SSSR count). The van der Waals surface area contributed by atoms with E-state index in [-0.39, 0.29) is 18.5 Å². The first-order chi connectivity index (χ1) is 17.3. The molecule has 0 aliphatic heterocycles. The second kappa shape index (κ2) is 9.62. The van der Waals surface area contributed by atoms with Gasteiger partial charge in [0, 0.05) is 11.3 Å². The van der Waals surface area contributed by atoms with Crippen LogP contribution >= 0.6 is 11.3 Å². The van der Waals surface area contributed by atoms with Crippen LogP contribution in [0.4, 0.5) is 10.7 Å². The summed E-state index contributed by atoms with van der Waals surface area (Å²) in [6.45, 7) is 5.82. The van der Waals surface area contributed by atoms with E-state index in [0.29, 0.717) is 10.4 Å². The van der Waals surface area contributed by atoms with Crippen LogP contribution in [0.2, 0.25) is 0 Å². The van der Waals surface area contributed by atoms with E-state index in [2.05, 4.69) is 15.5 Å². The number of aromatic nitrogens is 2. The summed E-state index contributed by atoms with van der Waals surface area (Å²) in [7, 11) is 0. The molecule has 0 amide bonds. The lowest BCUT2D eigenvalue weighted by atomic mass is 9.91. The highest BCUT2D eigenvalue weighted by Gasteiger charge is 2.31. The molecule has 0 fully saturated rings. The Morgan fingerprint density at radius 3 is 2.50 bits per heavy atom. The van der Waals surface area contributed by atoms with Crippen LogP contribution in [0, 0.1) is 0 Å². The minimum atomic E-state index is -0.583. The van der Waals surface area contributed by atoms with Crippen molar-refractivity contribution in [2.24, 2.45) is 0 Å². The topological polar surface area (TPSA) is 93.3 Å². The number of ether oxygens (including phenoxy) is 2. The van der Waals surface area contributed by atoms with Crippen molar-refractivity contribution in [3.05, 3.63) is 87.9 Å². The number of fused-ring (bicyclic) bond motifs is 3. The fourth-order valence-corrected chi connectivity index (χ4v) is 5.30. The highest BCUT2D eigenvalue weighted by molar-refractivity contribution is 7.18. The number of carbonyl (C=O) groups excluding carboxylic acids is 2. The van der Waals surface area contributed by atoms with E-state index < -0.39 is 5.60 Å². The van der Waals surface area contributed by atoms with Gasteiger partial charge in [0.25, 0.3) is 0 Å². The van der Waals surface area contributed by atoms with Crippen LogP contribution < -0.4 is 5.32 Å². The summed E-state index contributed by atoms with van der Waals surface area (Å²) in [4.78, 5) is 26.1. The van der Waals surface area contributed by atoms with Crippen molar-refractivity contribution in [1.82, 2.24) is 10.2 Å². The Hall–Kier alpha value is -3.91. The lowest BCUT2D eigenvalue weighted by Gasteiger charge is -2.20. The average Bonchev–Trinajstić information content (AvgIpc) is 3.47. The highest BCUT2D eigenvalue weighted by atomic mass is 32.1. The van der Waals surface area contributed by atoms with Gasteiger partial charge in [-0.2, -0.15) is 5.10 Å². The first kappa shape index (κ1) is 23.8. The number of hydrogen-bond acceptors (Lipinski definition) is 7. The third kappa shape index (κ3) is 5.04. The van der Waals surface area contributed by atoms with E-state index in [1.54, 1.807) is 12.1 Å². The quantitative estimate of drug-likeness (QED) is 0.302. The smallest absolute Gasteiger partial charge is 0.349 e. The molecular formula is C28H27N3O4S. The number of carbonyl (C=O) groups is 2. The van der Waals surface area contributed by atoms with Crippen molar-refractivity contribution in [3.63, 3.8) is 0 Å². The van der Waals surface area contributed by atoms with Crippen LogP contribution in [-0.2, 0) is 28.9 Å². The van der Waals surface area contributed by atoms with Crippen LogP contribution in [0.5, 0.6) is 0 Å². The molecule has 2 heterocycles. The first-order valence-corrected chi connectivity index (χ1v) is 12.6. The van der Waals surface area contributed by atoms with E-state index >= 15 is 0 Å². The van der Waals surface area contributed by atoms with Gasteiger partial charge in [0.2, 0.25) is 0 Å². The van der Waals surface area contributed by atoms with Crippen molar-refractivity contribution in [1.29, 1.82) is 0 Å². The number of hydrogen-bond donors (Lipinski definition) is 2. The van der Waals surface area contributed by atoms with Gasteiger partial charge in [0.15, 0.2) is 0 Å². The molecule has 2 N–H and O–H groups in total. The summed E-state index contributed by atoms with van der Waals surface area (Å²) in [5.41, 5.74) is 5.57. The Balaban J connectivity index is 1.37. The molecule has 36 heavy (non-hydrogen) atoms. The normalized spacial score (nSPS) is 12.4. The molecule has 0 spiro atoms. The zero-order valence-corrected chi connectivity index (χ0v) is 21.2. The molecule has 4 aromatic rings. The molecule has 184 valence electrons. The fraction of sp³-hybridized carbons (Fsp3) is 0.250. The number of rotatable bonds is 6. The minimum absolute atomic E-state index is 0.223. The summed E-state index contributed by atoms with van der Waals surface area (Å²) in [6, 6.07) is 16.7. The van der Waals surface area contributed by atoms with Gasteiger partial charge in [-0.05, 0) is 74.6 Å². The third-order valence-electron chi connectivity index (χ3n) is 5.79. The first-order valence-electron chi connectivity index (χ1n) is 11.8. The number of aryl methyl sites for hydroxylation is 1. The molecule has 0 unspecified atom stereocenters. The Bertz CT molecular complexity index is 1400. The summed E-state index contributed by atoms with van der Waals surface area (Å²) >= 11 is 1.38. The van der Waals surface area contributed by atoms with Gasteiger partial charge in [0.1, 0.15) is 22.1 Å². The second-order valence-electron chi connectivity index (χ2n) is 9.65. The van der Waals surface area contributed by atoms with Gasteiger partial charge in [-0.1, -0.05) is 30.3 Å². The molecule has 7 nitrogen and oxygen atoms in total. The molecular weight excluding hydrogens is 474 g/mol. The van der Waals surface area contributed by atoms with Gasteiger partial charge >= 0.3 is 11.9 Å². The van der Waals surface area contributed by atoms with E-state index in [1.165, 1.54) is 11.3 Å². The number of nitrogens with one attached hydrogen (secondary N) is 2. The van der Waals surface area contributed by atoms with E-state index in [1.807, 2.05) is 69.4 Å². The van der Waals surface area contributed by atoms with Crippen molar-refractivity contribution in [2.75, 3.05) is 5.32 Å². The van der Waals surface area contributed by atoms with Crippen LogP contribution in [0.15, 0.2) is 60.8 Å². The van der Waals surface area contributed by atoms with E-state index in [4.69, 9.17) is 9.47 Å². The van der Waals surface area contributed by atoms with E-state index in [9.17, 15) is 9.59 Å². The Kier molecular flexibility index (Phi) is 6.36. The van der Waals surface area contributed by atoms with Gasteiger partial charge in [-0.15, -0.1) is 11.3 Å². The highest BCUT2D eigenvalue weighted by Crippen LogP contribution is 2.46. The van der Waals surface area contributed by atoms with Crippen LogP contribution in [-0.4, -0.2) is 27.7 Å². The molecule has 0 saturated heterocycles. The molecule has 0 saturated carbocycles. The molecule has 2 aromatic carbocycles. The number of esters is 2. The average molecular weight is 502 g/mol. The monoisotopic (exact) mass is 501 g/mol. The summed E-state index contributed by atoms with van der Waals surface area (Å²) < 4.78 is 11.1. The molecule has 0 radical (unpaired) electrons. The zero-order chi connectivity index (χ0) is 25.3. The fourth-order valence-electron chi connectivity index (χ4n) is 4.15. The van der Waals surface area contributed by atoms with Crippen molar-refractivity contribution >= 4 is 34.0 Å². The third-order valence-corrected chi connectivity index (χ3v) is 6.92. The molecule has 1 aliphatic carbocycles. The second-order valence-corrected chi connectivity index (χ2v) is 10.7. The maximum Gasteiger partial charge on any atom is 0.349 e. The predicted molar refractivity (Wildman–Crippen MR) is 140 cm³/mol. The standard InChI is InChI=1S/C28H27N3O4S/c1-28(2,3)35-27(33)24-21-14-11-19-15-29-31-23(19)22(21)25(36-24)30-20-12-9-18(10-13-20)26(32)34-16-17-7-5-4-6-8-17/h4-10,12-13,15,30H,11,14,16H2,1-3H3,(H,29,31). The van der Waals surface area contributed by atoms with Crippen LogP contribution in [0.3, 0.4) is 0 Å². The molecule has 0 bridgehead atoms. The Morgan fingerprint density at radius 2 is 1.78 bits per heavy atom. The summed E-state index contributed by atoms with van der Waals surface area (Å²) in [5.74, 6) is -0.704. The molecule has 2 aromatic heterocycles. The molecule has 8 heteroatoms. The van der Waals surface area contributed by atoms with Gasteiger partial charge in [-0.3, -0.25) is 5.10 Å². The molecule has 1 aliphatic rings. The number of H-pyrrole nitrogens is 1. The predicted octanol–water partition coefficient (Wildman–Crippen LogP) is 6.29. The lowest BCUT2D eigenvalue weighted by Crippen LogP contribution is -2.24. The van der Waals surface area contributed by atoms with Crippen LogP contribution in [0.1, 0.15) is 57.5 Å². The van der Waals surface area contributed by atoms with E-state index in [0.717, 1.165) is 51.5 Å². The minimum Gasteiger partial charge on any atom is -0.457 e. The number of thiophene rings is 1. The maximum atomic E-state index is 13.0. The van der Waals surface area contributed by atoms with Crippen molar-refractivity contribution in [3.8, 4) is 11.3 Å². The lowest BCUT2D eigenvalue weighted by molar-refractivity contribution is 0.00739. The van der Waals surface area contributed by atoms with Gasteiger partial charge < -0.3 is 14.8 Å². The van der Waals surface area contributed by atoms with Crippen LogP contribution in [0.25, 0.3) is 11.3 Å². The SMILES string of the molecule is CC(C)(C)OC(=O)c1sc(Nc2ccc(C(=O)OCc3ccccc3)cc2)c2c1CCc1cn[nH]c1-2. The largest absolute Gasteiger partial charge is 0.457 e. The Labute approximate surface area is 213 Å². The number of aromatic amines is 1. The molecule has 0 atom stereocenters. The summed E-state index contributed by atoms with van der Waals surface area (Å²) in [5, 5.41) is 11.6. The van der Waals surface area contributed by atoms with Crippen molar-refractivity contribution < 1.29 is 19.1 Å². The zero-order valence-electron chi connectivity index (χ0n) is 20.4. The summed E-state index contributed by atoms with van der Waals surface area (Å²) in [6.07, 6.45) is 3.38. The Morgan fingerprint density at radius 1 is 1.03 bits per heavy atom. The van der Waals surface area contributed by atoms with Gasteiger partial charge in [0.05, 0.1) is 17.5 Å². The number of nitrogens with zero attached hydrogens (tertiary/aromatic N) is 1. The van der Waals surface area contributed by atoms with Gasteiger partial charge in [-0.25, -0.2) is 9.59 Å². The number of benzene rings is 2. The number of anilines is 2. The van der Waals surface area contributed by atoms with Crippen molar-refractivity contribution in [2.45, 2.75) is 45.8 Å². The maximum absolute atomic E-state index is 13.0.